The number of carbonyl (C=O) groups is 1. The second-order valence-electron chi connectivity index (χ2n) is 7.14. The van der Waals surface area contributed by atoms with Crippen LogP contribution < -0.4 is 0 Å². The molecule has 0 amide bonds. The van der Waals surface area contributed by atoms with E-state index in [0.717, 1.165) is 12.8 Å². The minimum atomic E-state index is -0.142. The van der Waals surface area contributed by atoms with Crippen molar-refractivity contribution in [2.75, 3.05) is 6.61 Å². The van der Waals surface area contributed by atoms with Crippen molar-refractivity contribution in [2.24, 2.45) is 11.8 Å². The third-order valence-corrected chi connectivity index (χ3v) is 5.46. The highest BCUT2D eigenvalue weighted by molar-refractivity contribution is 5.74. The Morgan fingerprint density at radius 3 is 2.92 bits per heavy atom. The zero-order valence-electron chi connectivity index (χ0n) is 13.5. The first-order valence-corrected chi connectivity index (χ1v) is 8.61. The van der Waals surface area contributed by atoms with Gasteiger partial charge in [-0.2, -0.15) is 0 Å². The number of epoxide rings is 1. The zero-order chi connectivity index (χ0) is 16.3. The molecule has 0 spiro atoms. The highest BCUT2D eigenvalue weighted by atomic mass is 16.8. The molecule has 1 aromatic rings. The van der Waals surface area contributed by atoms with Crippen LogP contribution in [0.3, 0.4) is 0 Å². The van der Waals surface area contributed by atoms with Crippen LogP contribution in [0, 0.1) is 11.8 Å². The minimum absolute atomic E-state index is 0.0191. The molecule has 0 N–H and O–H groups in total. The van der Waals surface area contributed by atoms with Gasteiger partial charge in [-0.1, -0.05) is 31.2 Å². The van der Waals surface area contributed by atoms with Gasteiger partial charge in [0.15, 0.2) is 6.29 Å². The van der Waals surface area contributed by atoms with Gasteiger partial charge in [-0.05, 0) is 17.5 Å². The first-order valence-electron chi connectivity index (χ1n) is 8.61. The van der Waals surface area contributed by atoms with Gasteiger partial charge >= 0.3 is 5.97 Å². The first-order chi connectivity index (χ1) is 11.7. The predicted octanol–water partition coefficient (Wildman–Crippen LogP) is 2.51. The van der Waals surface area contributed by atoms with Crippen molar-refractivity contribution in [1.82, 2.24) is 0 Å². The Balaban J connectivity index is 1.30. The number of cyclic esters (lactones) is 1. The van der Waals surface area contributed by atoms with E-state index in [2.05, 4.69) is 24.3 Å². The van der Waals surface area contributed by atoms with Crippen LogP contribution in [0.1, 0.15) is 30.6 Å². The zero-order valence-corrected chi connectivity index (χ0v) is 13.5. The summed E-state index contributed by atoms with van der Waals surface area (Å²) >= 11 is 0. The molecule has 4 aliphatic rings. The van der Waals surface area contributed by atoms with Gasteiger partial charge < -0.3 is 18.9 Å². The van der Waals surface area contributed by atoms with Crippen LogP contribution in [0.25, 0.3) is 0 Å². The Morgan fingerprint density at radius 2 is 2.08 bits per heavy atom. The summed E-state index contributed by atoms with van der Waals surface area (Å²) in [7, 11) is 0. The van der Waals surface area contributed by atoms with E-state index in [1.807, 2.05) is 13.2 Å². The lowest BCUT2D eigenvalue weighted by atomic mass is 9.90. The monoisotopic (exact) mass is 328 g/mol. The van der Waals surface area contributed by atoms with E-state index in [0.29, 0.717) is 6.61 Å². The Labute approximate surface area is 140 Å². The van der Waals surface area contributed by atoms with Crippen molar-refractivity contribution in [1.29, 1.82) is 0 Å². The Kier molecular flexibility index (Phi) is 3.22. The first kappa shape index (κ1) is 14.5. The number of fused-ring (bicyclic) bond motifs is 4. The summed E-state index contributed by atoms with van der Waals surface area (Å²) < 4.78 is 22.8. The van der Waals surface area contributed by atoms with Crippen molar-refractivity contribution in [2.45, 2.75) is 44.4 Å². The Morgan fingerprint density at radius 1 is 1.25 bits per heavy atom. The van der Waals surface area contributed by atoms with Gasteiger partial charge in [-0.15, -0.1) is 0 Å². The fourth-order valence-electron chi connectivity index (χ4n) is 4.14. The van der Waals surface area contributed by atoms with Gasteiger partial charge in [0.05, 0.1) is 18.3 Å². The lowest BCUT2D eigenvalue weighted by Gasteiger charge is -2.26. The molecule has 1 aliphatic carbocycles. The fourth-order valence-corrected chi connectivity index (χ4v) is 4.14. The maximum atomic E-state index is 11.5. The van der Waals surface area contributed by atoms with Gasteiger partial charge in [0.25, 0.3) is 0 Å². The fraction of sp³-hybridized carbons (Fsp3) is 0.526. The van der Waals surface area contributed by atoms with Crippen LogP contribution in [0.2, 0.25) is 0 Å². The number of rotatable bonds is 3. The largest absolute Gasteiger partial charge is 0.497 e. The minimum Gasteiger partial charge on any atom is -0.497 e. The topological polar surface area (TPSA) is 57.3 Å². The molecule has 5 heteroatoms. The van der Waals surface area contributed by atoms with Crippen LogP contribution in [0.4, 0.5) is 0 Å². The molecule has 0 saturated carbocycles. The van der Waals surface area contributed by atoms with Gasteiger partial charge in [-0.3, -0.25) is 4.79 Å². The standard InChI is InChI=1S/C19H20O5/c1-10-6-12(22-18(10)20)8-21-9-15-14-7-11-4-2-3-5-13(11)16(14)23-19-17(15)24-19/h2-5,9-10,12,14,16-17,19H,6-8H2,1H3/b15-9+. The molecule has 3 saturated heterocycles. The van der Waals surface area contributed by atoms with E-state index in [1.165, 1.54) is 16.7 Å². The summed E-state index contributed by atoms with van der Waals surface area (Å²) in [5.74, 6) is 0.120. The van der Waals surface area contributed by atoms with Crippen LogP contribution in [-0.4, -0.2) is 31.1 Å². The highest BCUT2D eigenvalue weighted by Crippen LogP contribution is 2.53. The van der Waals surface area contributed by atoms with Crippen molar-refractivity contribution >= 4 is 5.97 Å². The van der Waals surface area contributed by atoms with Gasteiger partial charge in [0.2, 0.25) is 0 Å². The molecule has 5 rings (SSSR count). The van der Waals surface area contributed by atoms with E-state index < -0.39 is 0 Å². The van der Waals surface area contributed by atoms with E-state index >= 15 is 0 Å². The number of esters is 1. The Bertz CT molecular complexity index is 711. The van der Waals surface area contributed by atoms with Gasteiger partial charge in [0, 0.05) is 17.9 Å². The molecule has 126 valence electrons. The van der Waals surface area contributed by atoms with Gasteiger partial charge in [0.1, 0.15) is 18.8 Å². The molecular weight excluding hydrogens is 308 g/mol. The molecule has 24 heavy (non-hydrogen) atoms. The lowest BCUT2D eigenvalue weighted by molar-refractivity contribution is -0.145. The number of ether oxygens (including phenoxy) is 4. The summed E-state index contributed by atoms with van der Waals surface area (Å²) in [4.78, 5) is 11.5. The molecule has 1 aromatic carbocycles. The molecular formula is C19H20O5. The van der Waals surface area contributed by atoms with E-state index in [-0.39, 0.29) is 42.4 Å². The van der Waals surface area contributed by atoms with Crippen molar-refractivity contribution in [3.8, 4) is 0 Å². The summed E-state index contributed by atoms with van der Waals surface area (Å²) in [5.41, 5.74) is 3.78. The maximum absolute atomic E-state index is 11.5. The second kappa shape index (κ2) is 5.33. The molecule has 0 radical (unpaired) electrons. The summed E-state index contributed by atoms with van der Waals surface area (Å²) in [5, 5.41) is 0. The molecule has 3 heterocycles. The predicted molar refractivity (Wildman–Crippen MR) is 83.8 cm³/mol. The highest BCUT2D eigenvalue weighted by Gasteiger charge is 2.56. The average molecular weight is 328 g/mol. The molecule has 5 nitrogen and oxygen atoms in total. The molecule has 6 unspecified atom stereocenters. The van der Waals surface area contributed by atoms with Gasteiger partial charge in [-0.25, -0.2) is 0 Å². The summed E-state index contributed by atoms with van der Waals surface area (Å²) in [6, 6.07) is 8.44. The normalized spacial score (nSPS) is 40.7. The van der Waals surface area contributed by atoms with Crippen LogP contribution >= 0.6 is 0 Å². The van der Waals surface area contributed by atoms with Crippen molar-refractivity contribution in [3.05, 3.63) is 47.2 Å². The van der Waals surface area contributed by atoms with E-state index in [9.17, 15) is 4.79 Å². The SMILES string of the molecule is CC1CC(CO/C=C2\C3Cc4ccccc4C3OC3OC23)OC1=O. The molecule has 0 bridgehead atoms. The van der Waals surface area contributed by atoms with Crippen LogP contribution in [0.5, 0.6) is 0 Å². The van der Waals surface area contributed by atoms with Crippen molar-refractivity contribution < 1.29 is 23.7 Å². The maximum Gasteiger partial charge on any atom is 0.309 e. The second-order valence-corrected chi connectivity index (χ2v) is 7.14. The Hall–Kier alpha value is -1.85. The molecule has 6 atom stereocenters. The number of carbonyl (C=O) groups excluding carboxylic acids is 1. The summed E-state index contributed by atoms with van der Waals surface area (Å²) in [6.07, 6.45) is 3.31. The van der Waals surface area contributed by atoms with E-state index in [4.69, 9.17) is 18.9 Å². The third kappa shape index (κ3) is 2.26. The number of hydrogen-bond donors (Lipinski definition) is 0. The van der Waals surface area contributed by atoms with Crippen LogP contribution in [0.15, 0.2) is 36.1 Å². The lowest BCUT2D eigenvalue weighted by Crippen LogP contribution is -2.25. The van der Waals surface area contributed by atoms with Crippen molar-refractivity contribution in [3.63, 3.8) is 0 Å². The smallest absolute Gasteiger partial charge is 0.309 e. The average Bonchev–Trinajstić information content (AvgIpc) is 3.16. The molecule has 3 aliphatic heterocycles. The number of hydrogen-bond acceptors (Lipinski definition) is 5. The van der Waals surface area contributed by atoms with E-state index in [1.54, 1.807) is 0 Å². The third-order valence-electron chi connectivity index (χ3n) is 5.46. The quantitative estimate of drug-likeness (QED) is 0.485. The summed E-state index contributed by atoms with van der Waals surface area (Å²) in [6.45, 7) is 2.30. The van der Waals surface area contributed by atoms with Crippen LogP contribution in [-0.2, 0) is 30.2 Å². The number of benzene rings is 1. The molecule has 3 fully saturated rings. The molecule has 0 aromatic heterocycles.